The molecule has 1 heterocycles. The van der Waals surface area contributed by atoms with Crippen LogP contribution < -0.4 is 19.5 Å². The molecule has 0 saturated carbocycles. The van der Waals surface area contributed by atoms with Crippen LogP contribution in [-0.4, -0.2) is 31.2 Å². The standard InChI is InChI=1S/C22H24N2O4S/c1-15-4-6-19(7-5-15)28-14-20-24-16(2)21(29-20)22(25)23-12-13-27-18-10-8-17(26-3)9-11-18/h4-11H,12-14H2,1-3H3,(H,23,25). The monoisotopic (exact) mass is 412 g/mol. The van der Waals surface area contributed by atoms with Crippen molar-refractivity contribution in [2.24, 2.45) is 0 Å². The van der Waals surface area contributed by atoms with Crippen LogP contribution in [0.15, 0.2) is 48.5 Å². The predicted octanol–water partition coefficient (Wildman–Crippen LogP) is 4.16. The van der Waals surface area contributed by atoms with Crippen LogP contribution in [0.1, 0.15) is 25.9 Å². The van der Waals surface area contributed by atoms with Gasteiger partial charge in [0.25, 0.3) is 5.91 Å². The van der Waals surface area contributed by atoms with Gasteiger partial charge in [0.15, 0.2) is 0 Å². The first-order valence-electron chi connectivity index (χ1n) is 9.26. The molecule has 0 unspecified atom stereocenters. The molecule has 3 aromatic rings. The van der Waals surface area contributed by atoms with Crippen LogP contribution >= 0.6 is 11.3 Å². The Morgan fingerprint density at radius 3 is 2.28 bits per heavy atom. The molecule has 3 rings (SSSR count). The molecule has 2 aromatic carbocycles. The molecule has 29 heavy (non-hydrogen) atoms. The maximum absolute atomic E-state index is 12.4. The molecule has 0 spiro atoms. The van der Waals surface area contributed by atoms with Crippen LogP contribution in [0.25, 0.3) is 0 Å². The van der Waals surface area contributed by atoms with E-state index in [0.717, 1.165) is 22.3 Å². The van der Waals surface area contributed by atoms with Crippen molar-refractivity contribution < 1.29 is 19.0 Å². The Balaban J connectivity index is 1.45. The lowest BCUT2D eigenvalue weighted by Gasteiger charge is -2.08. The fourth-order valence-electron chi connectivity index (χ4n) is 2.59. The summed E-state index contributed by atoms with van der Waals surface area (Å²) < 4.78 is 16.5. The largest absolute Gasteiger partial charge is 0.497 e. The number of aryl methyl sites for hydroxylation is 2. The lowest BCUT2D eigenvalue weighted by atomic mass is 10.2. The zero-order chi connectivity index (χ0) is 20.6. The van der Waals surface area contributed by atoms with E-state index in [9.17, 15) is 4.79 Å². The number of carbonyl (C=O) groups is 1. The summed E-state index contributed by atoms with van der Waals surface area (Å²) in [6.07, 6.45) is 0. The molecule has 0 fully saturated rings. The summed E-state index contributed by atoms with van der Waals surface area (Å²) in [5, 5.41) is 3.63. The Morgan fingerprint density at radius 2 is 1.59 bits per heavy atom. The molecule has 0 aliphatic heterocycles. The molecule has 0 atom stereocenters. The molecule has 0 aliphatic carbocycles. The van der Waals surface area contributed by atoms with Crippen molar-refractivity contribution in [3.63, 3.8) is 0 Å². The molecule has 0 radical (unpaired) electrons. The van der Waals surface area contributed by atoms with E-state index in [1.807, 2.05) is 62.4 Å². The lowest BCUT2D eigenvalue weighted by Crippen LogP contribution is -2.27. The Hall–Kier alpha value is -3.06. The lowest BCUT2D eigenvalue weighted by molar-refractivity contribution is 0.0950. The molecule has 1 N–H and O–H groups in total. The van der Waals surface area contributed by atoms with Gasteiger partial charge < -0.3 is 19.5 Å². The Kier molecular flexibility index (Phi) is 7.08. The highest BCUT2D eigenvalue weighted by atomic mass is 32.1. The quantitative estimate of drug-likeness (QED) is 0.535. The van der Waals surface area contributed by atoms with Crippen LogP contribution in [-0.2, 0) is 6.61 Å². The van der Waals surface area contributed by atoms with Gasteiger partial charge in [-0.15, -0.1) is 11.3 Å². The van der Waals surface area contributed by atoms with Crippen molar-refractivity contribution in [3.8, 4) is 17.2 Å². The Labute approximate surface area is 174 Å². The molecule has 7 heteroatoms. The van der Waals surface area contributed by atoms with Crippen LogP contribution in [0, 0.1) is 13.8 Å². The van der Waals surface area contributed by atoms with Crippen molar-refractivity contribution in [2.75, 3.05) is 20.3 Å². The van der Waals surface area contributed by atoms with Crippen LogP contribution in [0.5, 0.6) is 17.2 Å². The molecule has 152 valence electrons. The third-order valence-electron chi connectivity index (χ3n) is 4.15. The van der Waals surface area contributed by atoms with Crippen LogP contribution in [0.2, 0.25) is 0 Å². The summed E-state index contributed by atoms with van der Waals surface area (Å²) in [7, 11) is 1.62. The SMILES string of the molecule is COc1ccc(OCCNC(=O)c2sc(COc3ccc(C)cc3)nc2C)cc1. The van der Waals surface area contributed by atoms with E-state index in [1.54, 1.807) is 7.11 Å². The van der Waals surface area contributed by atoms with Crippen molar-refractivity contribution >= 4 is 17.2 Å². The van der Waals surface area contributed by atoms with E-state index in [4.69, 9.17) is 14.2 Å². The number of aromatic nitrogens is 1. The zero-order valence-electron chi connectivity index (χ0n) is 16.7. The van der Waals surface area contributed by atoms with Crippen LogP contribution in [0.3, 0.4) is 0 Å². The highest BCUT2D eigenvalue weighted by molar-refractivity contribution is 7.13. The number of nitrogens with zero attached hydrogens (tertiary/aromatic N) is 1. The van der Waals surface area contributed by atoms with Gasteiger partial charge in [-0.25, -0.2) is 4.98 Å². The normalized spacial score (nSPS) is 10.4. The van der Waals surface area contributed by atoms with Gasteiger partial charge in [0, 0.05) is 0 Å². The van der Waals surface area contributed by atoms with E-state index >= 15 is 0 Å². The maximum Gasteiger partial charge on any atom is 0.263 e. The maximum atomic E-state index is 12.4. The average molecular weight is 413 g/mol. The molecule has 1 amide bonds. The van der Waals surface area contributed by atoms with Gasteiger partial charge in [0.1, 0.15) is 40.3 Å². The van der Waals surface area contributed by atoms with Crippen molar-refractivity contribution in [1.82, 2.24) is 10.3 Å². The third kappa shape index (κ3) is 5.96. The first kappa shape index (κ1) is 20.7. The number of benzene rings is 2. The first-order chi connectivity index (χ1) is 14.0. The number of nitrogens with one attached hydrogen (secondary N) is 1. The summed E-state index contributed by atoms with van der Waals surface area (Å²) in [6, 6.07) is 15.1. The minimum absolute atomic E-state index is 0.153. The number of ether oxygens (including phenoxy) is 3. The molecule has 0 saturated heterocycles. The fraction of sp³-hybridized carbons (Fsp3) is 0.273. The zero-order valence-corrected chi connectivity index (χ0v) is 17.5. The van der Waals surface area contributed by atoms with Gasteiger partial charge in [-0.1, -0.05) is 17.7 Å². The number of methoxy groups -OCH3 is 1. The van der Waals surface area contributed by atoms with E-state index in [-0.39, 0.29) is 5.91 Å². The molecular weight excluding hydrogens is 388 g/mol. The molecule has 0 aliphatic rings. The number of hydrogen-bond acceptors (Lipinski definition) is 6. The molecule has 1 aromatic heterocycles. The number of carbonyl (C=O) groups excluding carboxylic acids is 1. The van der Waals surface area contributed by atoms with Gasteiger partial charge in [-0.2, -0.15) is 0 Å². The summed E-state index contributed by atoms with van der Waals surface area (Å²) in [4.78, 5) is 17.5. The smallest absolute Gasteiger partial charge is 0.263 e. The Morgan fingerprint density at radius 1 is 0.966 bits per heavy atom. The van der Waals surface area contributed by atoms with E-state index in [0.29, 0.717) is 30.3 Å². The topological polar surface area (TPSA) is 69.7 Å². The second-order valence-electron chi connectivity index (χ2n) is 6.40. The van der Waals surface area contributed by atoms with Crippen molar-refractivity contribution in [2.45, 2.75) is 20.5 Å². The highest BCUT2D eigenvalue weighted by Gasteiger charge is 2.15. The van der Waals surface area contributed by atoms with Gasteiger partial charge >= 0.3 is 0 Å². The summed E-state index contributed by atoms with van der Waals surface area (Å²) in [5.41, 5.74) is 1.88. The molecule has 0 bridgehead atoms. The second kappa shape index (κ2) is 9.93. The van der Waals surface area contributed by atoms with Gasteiger partial charge in [0.05, 0.1) is 19.3 Å². The Bertz CT molecular complexity index is 936. The minimum Gasteiger partial charge on any atom is -0.497 e. The van der Waals surface area contributed by atoms with E-state index < -0.39 is 0 Å². The van der Waals surface area contributed by atoms with Crippen molar-refractivity contribution in [3.05, 3.63) is 69.7 Å². The highest BCUT2D eigenvalue weighted by Crippen LogP contribution is 2.21. The van der Waals surface area contributed by atoms with E-state index in [2.05, 4.69) is 10.3 Å². The molecular formula is C22H24N2O4S. The number of thiazole rings is 1. The number of rotatable bonds is 9. The average Bonchev–Trinajstić information content (AvgIpc) is 3.12. The van der Waals surface area contributed by atoms with Crippen LogP contribution in [0.4, 0.5) is 0 Å². The minimum atomic E-state index is -0.153. The van der Waals surface area contributed by atoms with E-state index in [1.165, 1.54) is 16.9 Å². The summed E-state index contributed by atoms with van der Waals surface area (Å²) in [6.45, 7) is 4.97. The van der Waals surface area contributed by atoms with Crippen molar-refractivity contribution in [1.29, 1.82) is 0 Å². The summed E-state index contributed by atoms with van der Waals surface area (Å²) >= 11 is 1.35. The molecule has 6 nitrogen and oxygen atoms in total. The fourth-order valence-corrected chi connectivity index (χ4v) is 3.48. The summed E-state index contributed by atoms with van der Waals surface area (Å²) in [5.74, 6) is 2.13. The third-order valence-corrected chi connectivity index (χ3v) is 5.28. The van der Waals surface area contributed by atoms with Gasteiger partial charge in [-0.3, -0.25) is 4.79 Å². The number of amides is 1. The van der Waals surface area contributed by atoms with Gasteiger partial charge in [-0.05, 0) is 50.2 Å². The number of hydrogen-bond donors (Lipinski definition) is 1. The van der Waals surface area contributed by atoms with Gasteiger partial charge in [0.2, 0.25) is 0 Å². The second-order valence-corrected chi connectivity index (χ2v) is 7.49. The first-order valence-corrected chi connectivity index (χ1v) is 10.1. The predicted molar refractivity (Wildman–Crippen MR) is 113 cm³/mol.